The van der Waals surface area contributed by atoms with Crippen molar-refractivity contribution in [2.24, 2.45) is 0 Å². The lowest BCUT2D eigenvalue weighted by molar-refractivity contribution is 0.102. The molecule has 1 amide bonds. The first-order chi connectivity index (χ1) is 16.6. The number of hydrogen-bond donors (Lipinski definition) is 2. The maximum absolute atomic E-state index is 12.8. The minimum Gasteiger partial charge on any atom is -0.369 e. The summed E-state index contributed by atoms with van der Waals surface area (Å²) < 4.78 is 28.0. The highest BCUT2D eigenvalue weighted by atomic mass is 32.2. The molecule has 1 aliphatic rings. The van der Waals surface area contributed by atoms with Gasteiger partial charge < -0.3 is 15.1 Å². The number of amides is 1. The van der Waals surface area contributed by atoms with Crippen molar-refractivity contribution < 1.29 is 13.2 Å². The smallest absolute Gasteiger partial charge is 0.261 e. The molecule has 1 heterocycles. The van der Waals surface area contributed by atoms with Crippen LogP contribution in [0.2, 0.25) is 0 Å². The number of anilines is 3. The minimum absolute atomic E-state index is 0.206. The number of nitrogens with one attached hydrogen (secondary N) is 2. The molecule has 0 saturated carbocycles. The van der Waals surface area contributed by atoms with Gasteiger partial charge in [0.15, 0.2) is 0 Å². The average molecular weight is 493 g/mol. The summed E-state index contributed by atoms with van der Waals surface area (Å²) in [4.78, 5) is 17.7. The van der Waals surface area contributed by atoms with E-state index in [0.717, 1.165) is 54.2 Å². The number of sulfonamides is 1. The summed E-state index contributed by atoms with van der Waals surface area (Å²) >= 11 is 0. The van der Waals surface area contributed by atoms with Crippen molar-refractivity contribution in [3.05, 3.63) is 82.9 Å². The van der Waals surface area contributed by atoms with Gasteiger partial charge in [0.1, 0.15) is 0 Å². The molecular weight excluding hydrogens is 460 g/mol. The Kier molecular flexibility index (Phi) is 7.14. The Morgan fingerprint density at radius 3 is 2.11 bits per heavy atom. The fraction of sp³-hybridized carbons (Fsp3) is 0.296. The monoisotopic (exact) mass is 492 g/mol. The zero-order chi connectivity index (χ0) is 25.2. The fourth-order valence-electron chi connectivity index (χ4n) is 4.03. The number of carbonyl (C=O) groups is 1. The van der Waals surface area contributed by atoms with E-state index in [1.807, 2.05) is 32.9 Å². The Bertz CT molecular complexity index is 1330. The van der Waals surface area contributed by atoms with E-state index in [1.165, 1.54) is 0 Å². The zero-order valence-corrected chi connectivity index (χ0v) is 21.4. The van der Waals surface area contributed by atoms with Gasteiger partial charge in [-0.3, -0.25) is 9.52 Å². The molecule has 0 bridgehead atoms. The van der Waals surface area contributed by atoms with Gasteiger partial charge >= 0.3 is 0 Å². The van der Waals surface area contributed by atoms with Crippen LogP contribution in [0.4, 0.5) is 17.1 Å². The first-order valence-corrected chi connectivity index (χ1v) is 13.2. The van der Waals surface area contributed by atoms with Gasteiger partial charge in [0.2, 0.25) is 0 Å². The van der Waals surface area contributed by atoms with Gasteiger partial charge in [-0.2, -0.15) is 0 Å². The van der Waals surface area contributed by atoms with Gasteiger partial charge in [0.25, 0.3) is 15.9 Å². The third-order valence-electron chi connectivity index (χ3n) is 6.51. The largest absolute Gasteiger partial charge is 0.369 e. The van der Waals surface area contributed by atoms with Crippen molar-refractivity contribution in [1.29, 1.82) is 0 Å². The highest BCUT2D eigenvalue weighted by Crippen LogP contribution is 2.25. The van der Waals surface area contributed by atoms with Gasteiger partial charge in [-0.25, -0.2) is 8.42 Å². The van der Waals surface area contributed by atoms with Gasteiger partial charge in [-0.1, -0.05) is 6.07 Å². The number of rotatable bonds is 6. The second-order valence-corrected chi connectivity index (χ2v) is 10.9. The predicted molar refractivity (Wildman–Crippen MR) is 142 cm³/mol. The minimum atomic E-state index is -3.71. The first-order valence-electron chi connectivity index (χ1n) is 11.7. The number of benzene rings is 3. The summed E-state index contributed by atoms with van der Waals surface area (Å²) in [5.41, 5.74) is 5.69. The molecule has 1 aliphatic heterocycles. The molecule has 3 aromatic carbocycles. The van der Waals surface area contributed by atoms with Gasteiger partial charge in [-0.15, -0.1) is 0 Å². The van der Waals surface area contributed by atoms with Gasteiger partial charge in [-0.05, 0) is 99.1 Å². The van der Waals surface area contributed by atoms with Crippen LogP contribution in [-0.2, 0) is 10.0 Å². The first kappa shape index (κ1) is 24.8. The van der Waals surface area contributed by atoms with Crippen LogP contribution in [0, 0.1) is 20.8 Å². The van der Waals surface area contributed by atoms with Crippen LogP contribution in [0.15, 0.2) is 65.6 Å². The van der Waals surface area contributed by atoms with Crippen LogP contribution in [0.1, 0.15) is 27.0 Å². The van der Waals surface area contributed by atoms with E-state index in [2.05, 4.69) is 33.0 Å². The third kappa shape index (κ3) is 5.83. The number of aryl methyl sites for hydroxylation is 3. The summed E-state index contributed by atoms with van der Waals surface area (Å²) in [5.74, 6) is -0.246. The van der Waals surface area contributed by atoms with E-state index >= 15 is 0 Å². The lowest BCUT2D eigenvalue weighted by atomic mass is 10.1. The standard InChI is InChI=1S/C27H32N4O3S/c1-19-5-11-25(18-20(19)2)35(33,34)29-23-8-6-22(7-9-23)27(32)28-26-12-10-24(17-21(26)3)31-15-13-30(4)14-16-31/h5-12,17-18,29H,13-16H2,1-4H3,(H,28,32). The Hall–Kier alpha value is -3.36. The lowest BCUT2D eigenvalue weighted by Gasteiger charge is -2.34. The molecule has 7 nitrogen and oxygen atoms in total. The van der Waals surface area contributed by atoms with Gasteiger partial charge in [0, 0.05) is 48.8 Å². The molecule has 184 valence electrons. The molecule has 0 aliphatic carbocycles. The molecule has 35 heavy (non-hydrogen) atoms. The predicted octanol–water partition coefficient (Wildman–Crippen LogP) is 4.42. The van der Waals surface area contributed by atoms with E-state index in [-0.39, 0.29) is 10.8 Å². The summed E-state index contributed by atoms with van der Waals surface area (Å²) in [6.07, 6.45) is 0. The Morgan fingerprint density at radius 2 is 1.49 bits per heavy atom. The molecule has 1 fully saturated rings. The van der Waals surface area contributed by atoms with Crippen molar-refractivity contribution in [2.75, 3.05) is 48.2 Å². The molecule has 8 heteroatoms. The van der Waals surface area contributed by atoms with Crippen molar-refractivity contribution in [2.45, 2.75) is 25.7 Å². The topological polar surface area (TPSA) is 81.7 Å². The number of hydrogen-bond acceptors (Lipinski definition) is 5. The summed E-state index contributed by atoms with van der Waals surface area (Å²) in [5, 5.41) is 2.96. The highest BCUT2D eigenvalue weighted by Gasteiger charge is 2.17. The van der Waals surface area contributed by atoms with Crippen LogP contribution in [0.25, 0.3) is 0 Å². The second kappa shape index (κ2) is 10.1. The summed E-state index contributed by atoms with van der Waals surface area (Å²) in [7, 11) is -1.58. The molecule has 0 atom stereocenters. The van der Waals surface area contributed by atoms with Crippen LogP contribution < -0.4 is 14.9 Å². The molecule has 2 N–H and O–H groups in total. The van der Waals surface area contributed by atoms with Crippen LogP contribution in [0.5, 0.6) is 0 Å². The van der Waals surface area contributed by atoms with E-state index in [1.54, 1.807) is 42.5 Å². The van der Waals surface area contributed by atoms with Crippen molar-refractivity contribution in [1.82, 2.24) is 4.90 Å². The Labute approximate surface area is 207 Å². The maximum Gasteiger partial charge on any atom is 0.261 e. The number of likely N-dealkylation sites (N-methyl/N-ethyl adjacent to an activating group) is 1. The molecule has 0 unspecified atom stereocenters. The maximum atomic E-state index is 12.8. The van der Waals surface area contributed by atoms with Crippen molar-refractivity contribution >= 4 is 33.0 Å². The summed E-state index contributed by atoms with van der Waals surface area (Å²) in [6, 6.07) is 17.5. The molecule has 0 spiro atoms. The third-order valence-corrected chi connectivity index (χ3v) is 7.89. The molecule has 0 aromatic heterocycles. The normalized spacial score (nSPS) is 14.6. The fourth-order valence-corrected chi connectivity index (χ4v) is 5.17. The highest BCUT2D eigenvalue weighted by molar-refractivity contribution is 7.92. The van der Waals surface area contributed by atoms with E-state index < -0.39 is 10.0 Å². The average Bonchev–Trinajstić information content (AvgIpc) is 2.82. The van der Waals surface area contributed by atoms with E-state index in [0.29, 0.717) is 11.3 Å². The van der Waals surface area contributed by atoms with E-state index in [4.69, 9.17) is 0 Å². The SMILES string of the molecule is Cc1ccc(S(=O)(=O)Nc2ccc(C(=O)Nc3ccc(N4CCN(C)CC4)cc3C)cc2)cc1C. The molecular formula is C27H32N4O3S. The Balaban J connectivity index is 1.41. The molecule has 0 radical (unpaired) electrons. The van der Waals surface area contributed by atoms with Crippen molar-refractivity contribution in [3.8, 4) is 0 Å². The van der Waals surface area contributed by atoms with Crippen molar-refractivity contribution in [3.63, 3.8) is 0 Å². The summed E-state index contributed by atoms with van der Waals surface area (Å²) in [6.45, 7) is 9.85. The number of nitrogens with zero attached hydrogens (tertiary/aromatic N) is 2. The number of piperazine rings is 1. The molecule has 3 aromatic rings. The van der Waals surface area contributed by atoms with Crippen LogP contribution in [0.3, 0.4) is 0 Å². The Morgan fingerprint density at radius 1 is 0.800 bits per heavy atom. The van der Waals surface area contributed by atoms with Crippen LogP contribution in [-0.4, -0.2) is 52.5 Å². The molecule has 4 rings (SSSR count). The zero-order valence-electron chi connectivity index (χ0n) is 20.6. The number of carbonyl (C=O) groups excluding carboxylic acids is 1. The molecule has 1 saturated heterocycles. The van der Waals surface area contributed by atoms with Gasteiger partial charge in [0.05, 0.1) is 4.90 Å². The lowest BCUT2D eigenvalue weighted by Crippen LogP contribution is -2.44. The van der Waals surface area contributed by atoms with E-state index in [9.17, 15) is 13.2 Å². The quantitative estimate of drug-likeness (QED) is 0.533. The van der Waals surface area contributed by atoms with Crippen LogP contribution >= 0.6 is 0 Å². The second-order valence-electron chi connectivity index (χ2n) is 9.17.